The second-order valence-electron chi connectivity index (χ2n) is 18.6. The van der Waals surface area contributed by atoms with Crippen LogP contribution < -0.4 is 5.19 Å². The van der Waals surface area contributed by atoms with Crippen LogP contribution in [0.5, 0.6) is 0 Å². The monoisotopic (exact) mass is 1050 g/mol. The maximum Gasteiger partial charge on any atom is 0.0992 e. The number of para-hydroxylation sites is 2. The van der Waals surface area contributed by atoms with Gasteiger partial charge in [0.25, 0.3) is 0 Å². The summed E-state index contributed by atoms with van der Waals surface area (Å²) in [7, 11) is -1.35. The molecular weight excluding hydrogens is 995 g/mol. The Morgan fingerprint density at radius 1 is 0.812 bits per heavy atom. The van der Waals surface area contributed by atoms with Gasteiger partial charge in [-0.1, -0.05) is 139 Å². The van der Waals surface area contributed by atoms with Crippen molar-refractivity contribution in [1.29, 1.82) is 5.26 Å². The second kappa shape index (κ2) is 19.3. The van der Waals surface area contributed by atoms with Gasteiger partial charge in [-0.2, -0.15) is 28.2 Å². The van der Waals surface area contributed by atoms with Crippen molar-refractivity contribution in [3.8, 4) is 45.5 Å². The Hall–Kier alpha value is -5.55. The largest absolute Gasteiger partial charge is 0.333 e. The Balaban J connectivity index is 0.000000246. The van der Waals surface area contributed by atoms with Crippen LogP contribution in [0.4, 0.5) is 0 Å². The number of pyridine rings is 2. The molecule has 0 N–H and O–H groups in total. The summed E-state index contributed by atoms with van der Waals surface area (Å²) in [5.74, 6) is 2.14. The first-order valence-electron chi connectivity index (χ1n) is 22.0. The smallest absolute Gasteiger partial charge is 0.0992 e. The van der Waals surface area contributed by atoms with Crippen molar-refractivity contribution in [2.45, 2.75) is 86.4 Å². The quantitative estimate of drug-likeness (QED) is 0.107. The van der Waals surface area contributed by atoms with Gasteiger partial charge >= 0.3 is 0 Å². The van der Waals surface area contributed by atoms with E-state index in [2.05, 4.69) is 192 Å². The third-order valence-electron chi connectivity index (χ3n) is 11.7. The molecule has 0 unspecified atom stereocenters. The number of hydrogen-bond donors (Lipinski definition) is 0. The third kappa shape index (κ3) is 9.32. The summed E-state index contributed by atoms with van der Waals surface area (Å²) in [6, 6.07) is 45.3. The first-order valence-corrected chi connectivity index (χ1v) is 26.4. The standard InChI is InChI=1S/C39H32N3S.C17H23N2Si.Ir/c1-23(2)31-20-28(27-11-7-6-8-12-27)21-32(24(3)4)37(31)42-34-14-10-9-13-33(34)41-39(42)30-17-15-25(5)36-29-18-16-26(22-40)19-35(29)43-38(30)36;1-13(2)10-15-11-16(14-6-8-18-9-7-14)19-12-17(15)20(3,4)5;/h6-16,18-21,23-24H,1-5H3;6,8-9,11-13H,10H2,1-5H3;/q2*-1;. The number of aromatic nitrogens is 4. The number of rotatable bonds is 9. The minimum atomic E-state index is -1.35. The zero-order valence-corrected chi connectivity index (χ0v) is 42.7. The van der Waals surface area contributed by atoms with E-state index in [-0.39, 0.29) is 20.1 Å². The summed E-state index contributed by atoms with van der Waals surface area (Å²) < 4.78 is 4.65. The summed E-state index contributed by atoms with van der Waals surface area (Å²) in [6.45, 7) is 23.0. The predicted octanol–water partition coefficient (Wildman–Crippen LogP) is 14.6. The zero-order valence-electron chi connectivity index (χ0n) is 38.5. The normalized spacial score (nSPS) is 11.6. The van der Waals surface area contributed by atoms with Crippen molar-refractivity contribution >= 4 is 55.8 Å². The maximum atomic E-state index is 9.57. The SMILES string of the molecule is CC(C)Cc1cc(-c2[c-]cncc2)ncc1[Si](C)(C)C.Cc1c[c-]c(-c2nc3ccccc3n2-c2c(C(C)C)cc(-c3ccccc3)cc2C(C)C)c2sc3cc(C#N)ccc3c12.[Ir]. The summed E-state index contributed by atoms with van der Waals surface area (Å²) >= 11 is 1.73. The summed E-state index contributed by atoms with van der Waals surface area (Å²) in [5, 5.41) is 13.4. The molecule has 325 valence electrons. The van der Waals surface area contributed by atoms with E-state index in [1.165, 1.54) is 55.0 Å². The van der Waals surface area contributed by atoms with E-state index in [4.69, 9.17) is 4.98 Å². The number of nitriles is 1. The fraction of sp³-hybridized carbons (Fsp3) is 0.250. The fourth-order valence-corrected chi connectivity index (χ4v) is 11.6. The molecule has 1 radical (unpaired) electrons. The molecule has 9 aromatic rings. The number of nitrogens with zero attached hydrogens (tertiary/aromatic N) is 5. The molecule has 5 nitrogen and oxygen atoms in total. The van der Waals surface area contributed by atoms with E-state index in [9.17, 15) is 5.26 Å². The number of aryl methyl sites for hydroxylation is 1. The Bertz CT molecular complexity index is 3110. The van der Waals surface area contributed by atoms with Crippen molar-refractivity contribution in [3.63, 3.8) is 0 Å². The van der Waals surface area contributed by atoms with Crippen molar-refractivity contribution in [1.82, 2.24) is 19.5 Å². The number of fused-ring (bicyclic) bond motifs is 4. The third-order valence-corrected chi connectivity index (χ3v) is 15.0. The number of benzene rings is 5. The molecule has 0 saturated heterocycles. The molecule has 0 amide bonds. The molecule has 4 aromatic heterocycles. The second-order valence-corrected chi connectivity index (χ2v) is 24.7. The van der Waals surface area contributed by atoms with Gasteiger partial charge in [-0.25, -0.2) is 0 Å². The van der Waals surface area contributed by atoms with E-state index in [0.717, 1.165) is 49.5 Å². The van der Waals surface area contributed by atoms with Gasteiger partial charge in [0, 0.05) is 36.7 Å². The number of thiophene rings is 1. The maximum absolute atomic E-state index is 9.57. The molecule has 5 aromatic carbocycles. The molecule has 4 heterocycles. The molecule has 0 atom stereocenters. The molecule has 8 heteroatoms. The topological polar surface area (TPSA) is 67.4 Å². The minimum absolute atomic E-state index is 0. The van der Waals surface area contributed by atoms with Gasteiger partial charge in [-0.3, -0.25) is 9.97 Å². The summed E-state index contributed by atoms with van der Waals surface area (Å²) in [5.41, 5.74) is 14.6. The van der Waals surface area contributed by atoms with Crippen molar-refractivity contribution in [2.75, 3.05) is 0 Å². The molecule has 0 spiro atoms. The van der Waals surface area contributed by atoms with Crippen molar-refractivity contribution < 1.29 is 20.1 Å². The van der Waals surface area contributed by atoms with Gasteiger partial charge in [0.15, 0.2) is 0 Å². The average Bonchev–Trinajstić information content (AvgIpc) is 3.85. The van der Waals surface area contributed by atoms with Crippen LogP contribution in [0, 0.1) is 36.3 Å². The van der Waals surface area contributed by atoms with Crippen molar-refractivity contribution in [3.05, 3.63) is 162 Å². The van der Waals surface area contributed by atoms with Gasteiger partial charge < -0.3 is 9.55 Å². The van der Waals surface area contributed by atoms with Crippen LogP contribution in [0.1, 0.15) is 81.2 Å². The van der Waals surface area contributed by atoms with Gasteiger partial charge in [-0.05, 0) is 116 Å². The van der Waals surface area contributed by atoms with Crippen LogP contribution in [0.15, 0.2) is 122 Å². The van der Waals surface area contributed by atoms with Crippen LogP contribution in [-0.2, 0) is 26.5 Å². The van der Waals surface area contributed by atoms with Crippen LogP contribution in [0.3, 0.4) is 0 Å². The fourth-order valence-electron chi connectivity index (χ4n) is 8.66. The van der Waals surface area contributed by atoms with E-state index in [1.807, 2.05) is 18.2 Å². The van der Waals surface area contributed by atoms with E-state index >= 15 is 0 Å². The molecule has 0 fully saturated rings. The van der Waals surface area contributed by atoms with Crippen LogP contribution in [-0.4, -0.2) is 27.6 Å². The summed E-state index contributed by atoms with van der Waals surface area (Å²) in [4.78, 5) is 14.0. The van der Waals surface area contributed by atoms with Gasteiger partial charge in [0.2, 0.25) is 0 Å². The molecule has 0 aliphatic heterocycles. The van der Waals surface area contributed by atoms with Gasteiger partial charge in [-0.15, -0.1) is 23.8 Å². The van der Waals surface area contributed by atoms with E-state index < -0.39 is 8.07 Å². The number of hydrogen-bond acceptors (Lipinski definition) is 5. The predicted molar refractivity (Wildman–Crippen MR) is 269 cm³/mol. The first kappa shape index (κ1) is 46.4. The average molecular weight is 1050 g/mol. The molecular formula is C56H55IrN5SSi-2. The Morgan fingerprint density at radius 2 is 1.52 bits per heavy atom. The van der Waals surface area contributed by atoms with Crippen molar-refractivity contribution in [2.24, 2.45) is 5.92 Å². The molecule has 0 saturated carbocycles. The summed E-state index contributed by atoms with van der Waals surface area (Å²) in [6.07, 6.45) is 6.70. The van der Waals surface area contributed by atoms with E-state index in [1.54, 1.807) is 23.7 Å². The molecule has 0 aliphatic carbocycles. The van der Waals surface area contributed by atoms with Crippen LogP contribution >= 0.6 is 11.3 Å². The molecule has 9 rings (SSSR count). The minimum Gasteiger partial charge on any atom is -0.333 e. The Labute approximate surface area is 397 Å². The molecule has 0 aliphatic rings. The molecule has 0 bridgehead atoms. The van der Waals surface area contributed by atoms with Crippen LogP contribution in [0.25, 0.3) is 70.7 Å². The number of imidazole rings is 1. The Morgan fingerprint density at radius 3 is 2.16 bits per heavy atom. The zero-order chi connectivity index (χ0) is 44.6. The molecule has 64 heavy (non-hydrogen) atoms. The van der Waals surface area contributed by atoms with E-state index in [0.29, 0.717) is 23.3 Å². The van der Waals surface area contributed by atoms with Gasteiger partial charge in [0.05, 0.1) is 36.6 Å². The Kier molecular flexibility index (Phi) is 14.0. The van der Waals surface area contributed by atoms with Crippen LogP contribution in [0.2, 0.25) is 19.6 Å². The first-order chi connectivity index (χ1) is 30.2. The van der Waals surface area contributed by atoms with Gasteiger partial charge in [0.1, 0.15) is 0 Å².